The van der Waals surface area contributed by atoms with Crippen molar-refractivity contribution in [2.75, 3.05) is 26.9 Å². The van der Waals surface area contributed by atoms with Gasteiger partial charge in [0.2, 0.25) is 0 Å². The molecule has 0 radical (unpaired) electrons. The minimum absolute atomic E-state index is 0.0121. The van der Waals surface area contributed by atoms with E-state index in [4.69, 9.17) is 24.2 Å². The van der Waals surface area contributed by atoms with Crippen LogP contribution in [0.3, 0.4) is 0 Å². The number of esters is 1. The molecular weight excluding hydrogens is 353 g/mol. The van der Waals surface area contributed by atoms with Gasteiger partial charge >= 0.3 is 5.97 Å². The number of nitrogens with zero attached hydrogens (tertiary/aromatic N) is 1. The third-order valence-electron chi connectivity index (χ3n) is 3.31. The van der Waals surface area contributed by atoms with Crippen LogP contribution in [0.15, 0.2) is 48.5 Å². The van der Waals surface area contributed by atoms with Gasteiger partial charge in [0, 0.05) is 6.08 Å². The first-order valence-electron chi connectivity index (χ1n) is 8.04. The molecule has 0 fully saturated rings. The Balaban J connectivity index is 1.82. The molecule has 0 N–H and O–H groups in total. The van der Waals surface area contributed by atoms with Gasteiger partial charge in [-0.1, -0.05) is 18.2 Å². The van der Waals surface area contributed by atoms with Crippen molar-refractivity contribution in [3.63, 3.8) is 0 Å². The quantitative estimate of drug-likeness (QED) is 0.382. The molecule has 0 aromatic heterocycles. The molecule has 0 unspecified atom stereocenters. The van der Waals surface area contributed by atoms with Gasteiger partial charge in [0.25, 0.3) is 0 Å². The number of para-hydroxylation sites is 1. The lowest BCUT2D eigenvalue weighted by molar-refractivity contribution is -0.138. The molecule has 2 rings (SSSR count). The van der Waals surface area contributed by atoms with Gasteiger partial charge in [-0.3, -0.25) is 0 Å². The highest BCUT2D eigenvalue weighted by atomic mass is 19.1. The van der Waals surface area contributed by atoms with E-state index in [0.29, 0.717) is 17.1 Å². The van der Waals surface area contributed by atoms with Gasteiger partial charge in [-0.15, -0.1) is 0 Å². The van der Waals surface area contributed by atoms with Gasteiger partial charge in [-0.05, 0) is 35.9 Å². The molecule has 0 saturated heterocycles. The molecular formula is C20H18FNO5. The highest BCUT2D eigenvalue weighted by molar-refractivity contribution is 5.87. The second kappa shape index (κ2) is 10.5. The van der Waals surface area contributed by atoms with Crippen molar-refractivity contribution in [1.29, 1.82) is 5.26 Å². The number of nitriles is 1. The van der Waals surface area contributed by atoms with E-state index in [1.54, 1.807) is 36.4 Å². The SMILES string of the molecule is COc1cc(C=CC(=O)OCCOc2ccccc2F)ccc1OCC#N. The number of carbonyl (C=O) groups is 1. The zero-order chi connectivity index (χ0) is 19.5. The van der Waals surface area contributed by atoms with Crippen molar-refractivity contribution < 1.29 is 28.1 Å². The molecule has 0 amide bonds. The minimum Gasteiger partial charge on any atom is -0.493 e. The third kappa shape index (κ3) is 6.36. The van der Waals surface area contributed by atoms with Crippen LogP contribution in [0.2, 0.25) is 0 Å². The number of carbonyl (C=O) groups excluding carboxylic acids is 1. The van der Waals surface area contributed by atoms with Crippen molar-refractivity contribution in [3.05, 3.63) is 59.9 Å². The van der Waals surface area contributed by atoms with Gasteiger partial charge in [0.15, 0.2) is 29.7 Å². The Kier molecular flexibility index (Phi) is 7.67. The maximum absolute atomic E-state index is 13.4. The fraction of sp³-hybridized carbons (Fsp3) is 0.200. The lowest BCUT2D eigenvalue weighted by atomic mass is 10.2. The Labute approximate surface area is 156 Å². The van der Waals surface area contributed by atoms with Crippen LogP contribution >= 0.6 is 0 Å². The fourth-order valence-electron chi connectivity index (χ4n) is 2.09. The van der Waals surface area contributed by atoms with Crippen LogP contribution in [0.5, 0.6) is 17.2 Å². The topological polar surface area (TPSA) is 77.8 Å². The van der Waals surface area contributed by atoms with Crippen LogP contribution < -0.4 is 14.2 Å². The van der Waals surface area contributed by atoms with Gasteiger partial charge in [-0.25, -0.2) is 9.18 Å². The summed E-state index contributed by atoms with van der Waals surface area (Å²) in [5.41, 5.74) is 0.690. The van der Waals surface area contributed by atoms with Crippen molar-refractivity contribution >= 4 is 12.0 Å². The van der Waals surface area contributed by atoms with Crippen molar-refractivity contribution in [3.8, 4) is 23.3 Å². The molecule has 2 aromatic carbocycles. The Morgan fingerprint density at radius 3 is 2.67 bits per heavy atom. The molecule has 0 aliphatic rings. The van der Waals surface area contributed by atoms with Gasteiger partial charge in [0.1, 0.15) is 19.3 Å². The Morgan fingerprint density at radius 1 is 1.11 bits per heavy atom. The van der Waals surface area contributed by atoms with E-state index in [9.17, 15) is 9.18 Å². The summed E-state index contributed by atoms with van der Waals surface area (Å²) >= 11 is 0. The first kappa shape index (κ1) is 19.8. The van der Waals surface area contributed by atoms with Gasteiger partial charge < -0.3 is 18.9 Å². The van der Waals surface area contributed by atoms with Crippen molar-refractivity contribution in [2.24, 2.45) is 0 Å². The van der Waals surface area contributed by atoms with E-state index < -0.39 is 11.8 Å². The minimum atomic E-state index is -0.559. The van der Waals surface area contributed by atoms with Crippen molar-refractivity contribution in [2.45, 2.75) is 0 Å². The van der Waals surface area contributed by atoms with Gasteiger partial charge in [-0.2, -0.15) is 5.26 Å². The number of hydrogen-bond donors (Lipinski definition) is 0. The first-order valence-corrected chi connectivity index (χ1v) is 8.04. The zero-order valence-electron chi connectivity index (χ0n) is 14.7. The predicted molar refractivity (Wildman–Crippen MR) is 96.0 cm³/mol. The lowest BCUT2D eigenvalue weighted by Crippen LogP contribution is -2.10. The molecule has 0 saturated carbocycles. The predicted octanol–water partition coefficient (Wildman–Crippen LogP) is 3.37. The molecule has 0 heterocycles. The van der Waals surface area contributed by atoms with Crippen LogP contribution in [-0.4, -0.2) is 32.9 Å². The molecule has 0 bridgehead atoms. The number of rotatable bonds is 9. The molecule has 7 heteroatoms. The number of halogens is 1. The van der Waals surface area contributed by atoms with E-state index in [-0.39, 0.29) is 25.6 Å². The average molecular weight is 371 g/mol. The largest absolute Gasteiger partial charge is 0.493 e. The third-order valence-corrected chi connectivity index (χ3v) is 3.31. The van der Waals surface area contributed by atoms with Crippen LogP contribution in [0.25, 0.3) is 6.08 Å². The maximum atomic E-state index is 13.4. The Bertz CT molecular complexity index is 845. The molecule has 2 aromatic rings. The summed E-state index contributed by atoms with van der Waals surface area (Å²) in [6.07, 6.45) is 2.81. The summed E-state index contributed by atoms with van der Waals surface area (Å²) in [6, 6.07) is 12.9. The van der Waals surface area contributed by atoms with Crippen LogP contribution in [0, 0.1) is 17.1 Å². The molecule has 0 atom stereocenters. The molecule has 27 heavy (non-hydrogen) atoms. The number of hydrogen-bond acceptors (Lipinski definition) is 6. The highest BCUT2D eigenvalue weighted by Crippen LogP contribution is 2.28. The maximum Gasteiger partial charge on any atom is 0.330 e. The standard InChI is InChI=1S/C20H18FNO5/c1-24-19-14-15(6-8-18(19)25-11-10-22)7-9-20(23)27-13-12-26-17-5-3-2-4-16(17)21/h2-9,14H,11-13H2,1H3. The molecule has 0 spiro atoms. The monoisotopic (exact) mass is 371 g/mol. The normalized spacial score (nSPS) is 10.3. The second-order valence-electron chi connectivity index (χ2n) is 5.14. The second-order valence-corrected chi connectivity index (χ2v) is 5.14. The van der Waals surface area contributed by atoms with E-state index in [1.807, 2.05) is 6.07 Å². The van der Waals surface area contributed by atoms with Gasteiger partial charge in [0.05, 0.1) is 7.11 Å². The Morgan fingerprint density at radius 2 is 1.93 bits per heavy atom. The zero-order valence-corrected chi connectivity index (χ0v) is 14.7. The number of benzene rings is 2. The van der Waals surface area contributed by atoms with Crippen molar-refractivity contribution in [1.82, 2.24) is 0 Å². The number of ether oxygens (including phenoxy) is 4. The molecule has 140 valence electrons. The summed E-state index contributed by atoms with van der Waals surface area (Å²) < 4.78 is 34.0. The lowest BCUT2D eigenvalue weighted by Gasteiger charge is -2.09. The van der Waals surface area contributed by atoms with E-state index in [2.05, 4.69) is 0 Å². The van der Waals surface area contributed by atoms with Crippen LogP contribution in [-0.2, 0) is 9.53 Å². The fourth-order valence-corrected chi connectivity index (χ4v) is 2.09. The molecule has 0 aliphatic heterocycles. The Hall–Kier alpha value is -3.53. The highest BCUT2D eigenvalue weighted by Gasteiger charge is 2.05. The smallest absolute Gasteiger partial charge is 0.330 e. The summed E-state index contributed by atoms with van der Waals surface area (Å²) in [5, 5.41) is 8.55. The van der Waals surface area contributed by atoms with Crippen LogP contribution in [0.4, 0.5) is 4.39 Å². The molecule has 0 aliphatic carbocycles. The van der Waals surface area contributed by atoms with E-state index in [1.165, 1.54) is 25.3 Å². The summed E-state index contributed by atoms with van der Waals surface area (Å²) in [4.78, 5) is 11.7. The number of methoxy groups -OCH3 is 1. The molecule has 6 nitrogen and oxygen atoms in total. The summed E-state index contributed by atoms with van der Waals surface area (Å²) in [5.74, 6) is -0.0474. The first-order chi connectivity index (χ1) is 13.1. The van der Waals surface area contributed by atoms with E-state index >= 15 is 0 Å². The van der Waals surface area contributed by atoms with E-state index in [0.717, 1.165) is 0 Å². The average Bonchev–Trinajstić information content (AvgIpc) is 2.69. The van der Waals surface area contributed by atoms with Crippen LogP contribution in [0.1, 0.15) is 5.56 Å². The summed E-state index contributed by atoms with van der Waals surface area (Å²) in [7, 11) is 1.48. The summed E-state index contributed by atoms with van der Waals surface area (Å²) in [6.45, 7) is -0.0617.